The fourth-order valence-electron chi connectivity index (χ4n) is 1.72. The van der Waals surface area contributed by atoms with Gasteiger partial charge in [0.1, 0.15) is 5.82 Å². The van der Waals surface area contributed by atoms with Gasteiger partial charge in [-0.1, -0.05) is 6.07 Å². The summed E-state index contributed by atoms with van der Waals surface area (Å²) in [6.45, 7) is 0. The normalized spacial score (nSPS) is 13.5. The Morgan fingerprint density at radius 1 is 1.21 bits per heavy atom. The van der Waals surface area contributed by atoms with Crippen LogP contribution < -0.4 is 11.3 Å². The van der Waals surface area contributed by atoms with Crippen molar-refractivity contribution in [2.24, 2.45) is 5.84 Å². The summed E-state index contributed by atoms with van der Waals surface area (Å²) in [5.41, 5.74) is 1.32. The van der Waals surface area contributed by atoms with Crippen LogP contribution in [0.2, 0.25) is 0 Å². The number of hydrazine groups is 1. The van der Waals surface area contributed by atoms with E-state index >= 15 is 0 Å². The Balaban J connectivity index is 2.48. The van der Waals surface area contributed by atoms with Gasteiger partial charge < -0.3 is 0 Å². The lowest BCUT2D eigenvalue weighted by Gasteiger charge is -2.17. The van der Waals surface area contributed by atoms with Gasteiger partial charge in [-0.3, -0.25) is 5.84 Å². The Kier molecular flexibility index (Phi) is 3.88. The van der Waals surface area contributed by atoms with E-state index in [9.17, 15) is 17.6 Å². The monoisotopic (exact) mass is 290 g/mol. The molecule has 0 aliphatic carbocycles. The Morgan fingerprint density at radius 2 is 1.95 bits per heavy atom. The van der Waals surface area contributed by atoms with Crippen LogP contribution in [0.15, 0.2) is 35.7 Å². The average Bonchev–Trinajstić information content (AvgIpc) is 2.84. The molecule has 0 aliphatic rings. The molecule has 2 aromatic rings. The Morgan fingerprint density at radius 3 is 2.47 bits per heavy atom. The minimum atomic E-state index is -4.52. The topological polar surface area (TPSA) is 38.0 Å². The third-order valence-electron chi connectivity index (χ3n) is 2.63. The molecule has 0 radical (unpaired) electrons. The van der Waals surface area contributed by atoms with E-state index in [1.807, 2.05) is 0 Å². The SMILES string of the molecule is NNC(c1cccs1)c1cc(C(F)(F)F)ccc1F. The maximum absolute atomic E-state index is 13.7. The molecule has 1 atom stereocenters. The van der Waals surface area contributed by atoms with Crippen molar-refractivity contribution < 1.29 is 17.6 Å². The van der Waals surface area contributed by atoms with Crippen LogP contribution in [0.1, 0.15) is 22.0 Å². The van der Waals surface area contributed by atoms with E-state index in [2.05, 4.69) is 5.43 Å². The maximum atomic E-state index is 13.7. The van der Waals surface area contributed by atoms with Crippen molar-refractivity contribution >= 4 is 11.3 Å². The molecule has 1 aromatic carbocycles. The second-order valence-electron chi connectivity index (χ2n) is 3.85. The third-order valence-corrected chi connectivity index (χ3v) is 3.57. The average molecular weight is 290 g/mol. The van der Waals surface area contributed by atoms with E-state index in [0.29, 0.717) is 10.9 Å². The quantitative estimate of drug-likeness (QED) is 0.516. The molecule has 102 valence electrons. The van der Waals surface area contributed by atoms with Gasteiger partial charge in [-0.25, -0.2) is 9.82 Å². The molecular weight excluding hydrogens is 280 g/mol. The van der Waals surface area contributed by atoms with Crippen LogP contribution in [0.4, 0.5) is 17.6 Å². The molecule has 1 heterocycles. The highest BCUT2D eigenvalue weighted by Crippen LogP contribution is 2.34. The van der Waals surface area contributed by atoms with E-state index in [0.717, 1.165) is 12.1 Å². The molecule has 0 aliphatic heterocycles. The first-order valence-electron chi connectivity index (χ1n) is 5.29. The summed E-state index contributed by atoms with van der Waals surface area (Å²) in [7, 11) is 0. The summed E-state index contributed by atoms with van der Waals surface area (Å²) >= 11 is 1.28. The molecule has 3 N–H and O–H groups in total. The van der Waals surface area contributed by atoms with Crippen molar-refractivity contribution in [2.75, 3.05) is 0 Å². The summed E-state index contributed by atoms with van der Waals surface area (Å²) < 4.78 is 51.6. The van der Waals surface area contributed by atoms with Crippen LogP contribution in [-0.2, 0) is 6.18 Å². The number of nitrogens with one attached hydrogen (secondary N) is 1. The summed E-state index contributed by atoms with van der Waals surface area (Å²) in [4.78, 5) is 0.640. The summed E-state index contributed by atoms with van der Waals surface area (Å²) in [6.07, 6.45) is -4.52. The number of hydrogen-bond donors (Lipinski definition) is 2. The van der Waals surface area contributed by atoms with Gasteiger partial charge in [0.15, 0.2) is 0 Å². The van der Waals surface area contributed by atoms with Crippen LogP contribution in [0.5, 0.6) is 0 Å². The van der Waals surface area contributed by atoms with Crippen LogP contribution in [0.3, 0.4) is 0 Å². The zero-order chi connectivity index (χ0) is 14.0. The molecule has 2 nitrogen and oxygen atoms in total. The Labute approximate surface area is 110 Å². The Hall–Kier alpha value is -1.44. The predicted molar refractivity (Wildman–Crippen MR) is 64.9 cm³/mol. The molecule has 0 fully saturated rings. The largest absolute Gasteiger partial charge is 0.416 e. The van der Waals surface area contributed by atoms with Crippen molar-refractivity contribution in [3.8, 4) is 0 Å². The second kappa shape index (κ2) is 5.28. The van der Waals surface area contributed by atoms with E-state index in [1.165, 1.54) is 11.3 Å². The molecule has 1 aromatic heterocycles. The highest BCUT2D eigenvalue weighted by Gasteiger charge is 2.32. The number of halogens is 4. The molecule has 0 saturated carbocycles. The van der Waals surface area contributed by atoms with Gasteiger partial charge in [-0.2, -0.15) is 13.2 Å². The lowest BCUT2D eigenvalue weighted by atomic mass is 10.0. The van der Waals surface area contributed by atoms with E-state index in [4.69, 9.17) is 5.84 Å². The number of thiophene rings is 1. The molecule has 7 heteroatoms. The maximum Gasteiger partial charge on any atom is 0.416 e. The van der Waals surface area contributed by atoms with Gasteiger partial charge in [0.25, 0.3) is 0 Å². The first-order chi connectivity index (χ1) is 8.93. The fraction of sp³-hybridized carbons (Fsp3) is 0.167. The standard InChI is InChI=1S/C12H10F4N2S/c13-9-4-3-7(12(14,15)16)6-8(9)11(18-17)10-2-1-5-19-10/h1-6,11,18H,17H2. The molecule has 1 unspecified atom stereocenters. The first-order valence-corrected chi connectivity index (χ1v) is 6.17. The van der Waals surface area contributed by atoms with E-state index in [1.54, 1.807) is 17.5 Å². The zero-order valence-electron chi connectivity index (χ0n) is 9.54. The van der Waals surface area contributed by atoms with Crippen molar-refractivity contribution in [2.45, 2.75) is 12.2 Å². The van der Waals surface area contributed by atoms with E-state index < -0.39 is 23.6 Å². The number of hydrogen-bond acceptors (Lipinski definition) is 3. The fourth-order valence-corrected chi connectivity index (χ4v) is 2.52. The van der Waals surface area contributed by atoms with Crippen molar-refractivity contribution in [1.82, 2.24) is 5.43 Å². The van der Waals surface area contributed by atoms with Gasteiger partial charge in [0.2, 0.25) is 0 Å². The molecule has 19 heavy (non-hydrogen) atoms. The predicted octanol–water partition coefficient (Wildman–Crippen LogP) is 3.46. The van der Waals surface area contributed by atoms with Crippen molar-refractivity contribution in [3.63, 3.8) is 0 Å². The second-order valence-corrected chi connectivity index (χ2v) is 4.83. The smallest absolute Gasteiger partial charge is 0.271 e. The minimum Gasteiger partial charge on any atom is -0.271 e. The van der Waals surface area contributed by atoms with Gasteiger partial charge in [0.05, 0.1) is 11.6 Å². The highest BCUT2D eigenvalue weighted by molar-refractivity contribution is 7.10. The van der Waals surface area contributed by atoms with Gasteiger partial charge in [-0.15, -0.1) is 11.3 Å². The molecule has 2 rings (SSSR count). The molecular formula is C12H10F4N2S. The van der Waals surface area contributed by atoms with E-state index in [-0.39, 0.29) is 5.56 Å². The lowest BCUT2D eigenvalue weighted by molar-refractivity contribution is -0.137. The molecule has 0 amide bonds. The summed E-state index contributed by atoms with van der Waals surface area (Å²) in [5, 5.41) is 1.74. The minimum absolute atomic E-state index is 0.125. The van der Waals surface area contributed by atoms with Gasteiger partial charge in [0, 0.05) is 10.4 Å². The molecule has 0 saturated heterocycles. The highest BCUT2D eigenvalue weighted by atomic mass is 32.1. The molecule has 0 bridgehead atoms. The molecule has 0 spiro atoms. The van der Waals surface area contributed by atoms with Crippen LogP contribution >= 0.6 is 11.3 Å². The van der Waals surface area contributed by atoms with Gasteiger partial charge in [-0.05, 0) is 29.6 Å². The zero-order valence-corrected chi connectivity index (χ0v) is 10.4. The van der Waals surface area contributed by atoms with Crippen molar-refractivity contribution in [1.29, 1.82) is 0 Å². The number of nitrogens with two attached hydrogens (primary N) is 1. The van der Waals surface area contributed by atoms with Crippen LogP contribution in [0, 0.1) is 5.82 Å². The number of benzene rings is 1. The number of alkyl halides is 3. The lowest BCUT2D eigenvalue weighted by Crippen LogP contribution is -2.29. The Bertz CT molecular complexity index is 551. The van der Waals surface area contributed by atoms with Crippen molar-refractivity contribution in [3.05, 3.63) is 57.5 Å². The van der Waals surface area contributed by atoms with Crippen LogP contribution in [0.25, 0.3) is 0 Å². The first kappa shape index (κ1) is 14.0. The van der Waals surface area contributed by atoms with Gasteiger partial charge >= 0.3 is 6.18 Å². The summed E-state index contributed by atoms with van der Waals surface area (Å²) in [5.74, 6) is 4.60. The van der Waals surface area contributed by atoms with Crippen LogP contribution in [-0.4, -0.2) is 0 Å². The number of rotatable bonds is 3. The summed E-state index contributed by atoms with van der Waals surface area (Å²) in [6, 6.07) is 4.88. The third kappa shape index (κ3) is 2.94.